The Morgan fingerprint density at radius 3 is 2.59 bits per heavy atom. The van der Waals surface area contributed by atoms with Gasteiger partial charge < -0.3 is 20.8 Å². The zero-order valence-electron chi connectivity index (χ0n) is 17.3. The van der Waals surface area contributed by atoms with Gasteiger partial charge in [0, 0.05) is 31.7 Å². The van der Waals surface area contributed by atoms with Crippen molar-refractivity contribution in [3.8, 4) is 0 Å². The molecule has 0 spiro atoms. The van der Waals surface area contributed by atoms with Gasteiger partial charge in [-0.2, -0.15) is 13.2 Å². The number of nitrogens with zero attached hydrogens (tertiary/aromatic N) is 3. The van der Waals surface area contributed by atoms with Crippen molar-refractivity contribution in [1.29, 1.82) is 0 Å². The van der Waals surface area contributed by atoms with Gasteiger partial charge in [0.15, 0.2) is 0 Å². The van der Waals surface area contributed by atoms with Crippen LogP contribution in [0, 0.1) is 0 Å². The van der Waals surface area contributed by atoms with Crippen LogP contribution in [0.4, 0.5) is 13.2 Å². The van der Waals surface area contributed by atoms with E-state index in [1.165, 1.54) is 24.4 Å². The van der Waals surface area contributed by atoms with E-state index < -0.39 is 11.7 Å². The molecule has 1 aromatic heterocycles. The third kappa shape index (κ3) is 7.67. The maximum atomic E-state index is 12.4. The molecule has 3 rings (SSSR count). The molecule has 5 N–H and O–H groups in total. The number of rotatable bonds is 6. The lowest BCUT2D eigenvalue weighted by atomic mass is 10.1. The van der Waals surface area contributed by atoms with E-state index in [9.17, 15) is 18.0 Å². The molecule has 8 nitrogen and oxygen atoms in total. The Balaban J connectivity index is 0.000000278. The number of benzene rings is 1. The molecule has 1 fully saturated rings. The summed E-state index contributed by atoms with van der Waals surface area (Å²) in [7, 11) is 0. The molecule has 1 aliphatic rings. The van der Waals surface area contributed by atoms with E-state index in [-0.39, 0.29) is 18.6 Å². The smallest absolute Gasteiger partial charge is 0.396 e. The van der Waals surface area contributed by atoms with E-state index in [1.807, 2.05) is 0 Å². The average Bonchev–Trinajstić information content (AvgIpc) is 3.27. The minimum atomic E-state index is -4.32. The number of hydrazine groups is 1. The minimum Gasteiger partial charge on any atom is -0.396 e. The molecule has 172 valence electrons. The minimum absolute atomic E-state index is 0.0869. The summed E-state index contributed by atoms with van der Waals surface area (Å²) in [6.45, 7) is 4.77. The summed E-state index contributed by atoms with van der Waals surface area (Å²) in [6.07, 6.45) is 3.72. The third-order valence-corrected chi connectivity index (χ3v) is 4.50. The number of hydrogen-bond donors (Lipinski definition) is 3. The van der Waals surface area contributed by atoms with Crippen LogP contribution in [0.15, 0.2) is 61.7 Å². The summed E-state index contributed by atoms with van der Waals surface area (Å²) in [5.74, 6) is 4.88. The van der Waals surface area contributed by atoms with Gasteiger partial charge in [0.2, 0.25) is 5.91 Å². The summed E-state index contributed by atoms with van der Waals surface area (Å²) in [5, 5.41) is 0. The van der Waals surface area contributed by atoms with Crippen molar-refractivity contribution in [3.05, 3.63) is 78.5 Å². The van der Waals surface area contributed by atoms with E-state index >= 15 is 0 Å². The first-order valence-electron chi connectivity index (χ1n) is 9.61. The zero-order chi connectivity index (χ0) is 23.6. The van der Waals surface area contributed by atoms with Gasteiger partial charge in [-0.05, 0) is 30.2 Å². The van der Waals surface area contributed by atoms with Gasteiger partial charge in [-0.3, -0.25) is 20.6 Å². The number of nitrogens with one attached hydrogen (secondary N) is 1. The number of alkyl halides is 3. The summed E-state index contributed by atoms with van der Waals surface area (Å²) in [5.41, 5.74) is 8.90. The van der Waals surface area contributed by atoms with Crippen LogP contribution in [0.5, 0.6) is 0 Å². The quantitative estimate of drug-likeness (QED) is 0.351. The largest absolute Gasteiger partial charge is 0.416 e. The number of hydrogen-bond acceptors (Lipinski definition) is 7. The molecule has 2 aromatic rings. The van der Waals surface area contributed by atoms with Crippen molar-refractivity contribution in [2.75, 3.05) is 13.1 Å². The van der Waals surface area contributed by atoms with Crippen LogP contribution in [-0.2, 0) is 22.3 Å². The lowest BCUT2D eigenvalue weighted by Crippen LogP contribution is -2.28. The standard InChI is InChI=1S/C15H16F3NO2.C6H9N5/c1-2-14(20)19-8-7-13(9-19)21-10-11-3-5-12(6-4-11)15(16,17)18;7-5(3-11-8)6-4-9-1-2-10-6/h2-6,13H,1,7-10H2;1-4,11H,7-8H2/b;5-3-. The van der Waals surface area contributed by atoms with Crippen molar-refractivity contribution in [2.45, 2.75) is 25.3 Å². The highest BCUT2D eigenvalue weighted by Gasteiger charge is 2.30. The van der Waals surface area contributed by atoms with Crippen molar-refractivity contribution in [2.24, 2.45) is 11.6 Å². The Bertz CT molecular complexity index is 904. The second-order valence-corrected chi connectivity index (χ2v) is 6.76. The van der Waals surface area contributed by atoms with E-state index in [2.05, 4.69) is 22.0 Å². The summed E-state index contributed by atoms with van der Waals surface area (Å²) in [4.78, 5) is 20.8. The number of carbonyl (C=O) groups excluding carboxylic acids is 1. The van der Waals surface area contributed by atoms with E-state index in [0.29, 0.717) is 30.0 Å². The molecule has 0 bridgehead atoms. The van der Waals surface area contributed by atoms with Gasteiger partial charge in [-0.15, -0.1) is 0 Å². The molecule has 0 radical (unpaired) electrons. The fraction of sp³-hybridized carbons (Fsp3) is 0.286. The maximum Gasteiger partial charge on any atom is 0.416 e. The second kappa shape index (κ2) is 11.8. The van der Waals surface area contributed by atoms with Gasteiger partial charge in [0.05, 0.1) is 30.2 Å². The summed E-state index contributed by atoms with van der Waals surface area (Å²) < 4.78 is 42.9. The van der Waals surface area contributed by atoms with Crippen LogP contribution < -0.4 is 17.0 Å². The molecule has 1 unspecified atom stereocenters. The number of halogens is 3. The molecule has 0 saturated carbocycles. The normalized spacial score (nSPS) is 16.2. The van der Waals surface area contributed by atoms with Crippen molar-refractivity contribution < 1.29 is 22.7 Å². The highest BCUT2D eigenvalue weighted by atomic mass is 19.4. The Labute approximate surface area is 183 Å². The van der Waals surface area contributed by atoms with E-state index in [1.54, 1.807) is 23.5 Å². The van der Waals surface area contributed by atoms with Gasteiger partial charge in [0.1, 0.15) is 5.69 Å². The Morgan fingerprint density at radius 2 is 2.03 bits per heavy atom. The third-order valence-electron chi connectivity index (χ3n) is 4.50. The van der Waals surface area contributed by atoms with E-state index in [4.69, 9.17) is 16.3 Å². The lowest BCUT2D eigenvalue weighted by molar-refractivity contribution is -0.137. The molecule has 1 amide bonds. The Kier molecular flexibility index (Phi) is 9.17. The predicted molar refractivity (Wildman–Crippen MR) is 113 cm³/mol. The van der Waals surface area contributed by atoms with Crippen LogP contribution in [-0.4, -0.2) is 40.0 Å². The van der Waals surface area contributed by atoms with Crippen LogP contribution in [0.2, 0.25) is 0 Å². The fourth-order valence-corrected chi connectivity index (χ4v) is 2.81. The molecule has 1 aromatic carbocycles. The highest BCUT2D eigenvalue weighted by Crippen LogP contribution is 2.29. The van der Waals surface area contributed by atoms with E-state index in [0.717, 1.165) is 18.6 Å². The Morgan fingerprint density at radius 1 is 1.31 bits per heavy atom. The molecular weight excluding hydrogens is 425 g/mol. The molecule has 2 heterocycles. The molecule has 1 aliphatic heterocycles. The number of likely N-dealkylation sites (tertiary alicyclic amines) is 1. The molecular formula is C21H25F3N6O2. The van der Waals surface area contributed by atoms with Crippen molar-refractivity contribution in [1.82, 2.24) is 20.3 Å². The topological polar surface area (TPSA) is 119 Å². The van der Waals surface area contributed by atoms with Gasteiger partial charge in [-0.1, -0.05) is 18.7 Å². The van der Waals surface area contributed by atoms with Crippen molar-refractivity contribution >= 4 is 11.6 Å². The number of aromatic nitrogens is 2. The number of nitrogens with two attached hydrogens (primary N) is 2. The average molecular weight is 450 g/mol. The first kappa shape index (κ1) is 24.8. The zero-order valence-corrected chi connectivity index (χ0v) is 17.3. The number of amides is 1. The first-order valence-corrected chi connectivity index (χ1v) is 9.61. The molecule has 1 saturated heterocycles. The SMILES string of the molecule is C=CC(=O)N1CCC(OCc2ccc(C(F)(F)F)cc2)C1.NN/C=C(\N)c1cnccn1. The van der Waals surface area contributed by atoms with Gasteiger partial charge in [0.25, 0.3) is 0 Å². The molecule has 0 aliphatic carbocycles. The second-order valence-electron chi connectivity index (χ2n) is 6.76. The lowest BCUT2D eigenvalue weighted by Gasteiger charge is -2.15. The molecule has 1 atom stereocenters. The first-order chi connectivity index (χ1) is 15.2. The van der Waals surface area contributed by atoms with Crippen LogP contribution >= 0.6 is 0 Å². The number of ether oxygens (including phenoxy) is 1. The van der Waals surface area contributed by atoms with Gasteiger partial charge in [-0.25, -0.2) is 0 Å². The Hall–Kier alpha value is -3.44. The highest BCUT2D eigenvalue weighted by molar-refractivity contribution is 5.87. The molecule has 32 heavy (non-hydrogen) atoms. The fourth-order valence-electron chi connectivity index (χ4n) is 2.81. The maximum absolute atomic E-state index is 12.4. The van der Waals surface area contributed by atoms with Crippen LogP contribution in [0.1, 0.15) is 23.2 Å². The summed E-state index contributed by atoms with van der Waals surface area (Å²) in [6, 6.07) is 4.90. The van der Waals surface area contributed by atoms with Crippen molar-refractivity contribution in [3.63, 3.8) is 0 Å². The predicted octanol–water partition coefficient (Wildman–Crippen LogP) is 2.21. The molecule has 11 heteroatoms. The summed E-state index contributed by atoms with van der Waals surface area (Å²) >= 11 is 0. The van der Waals surface area contributed by atoms with Crippen LogP contribution in [0.25, 0.3) is 5.70 Å². The number of carbonyl (C=O) groups is 1. The monoisotopic (exact) mass is 450 g/mol. The van der Waals surface area contributed by atoms with Crippen LogP contribution in [0.3, 0.4) is 0 Å². The van der Waals surface area contributed by atoms with Gasteiger partial charge >= 0.3 is 6.18 Å².